The van der Waals surface area contributed by atoms with E-state index in [4.69, 9.17) is 10.2 Å². The molecule has 148 valence electrons. The third-order valence-corrected chi connectivity index (χ3v) is 4.93. The SMILES string of the molecule is C[N+](C)(CCO)CCO.O=S(=O)([N-]S(=O)(=O)C(F)(F)F)C(F)(F)F. The van der Waals surface area contributed by atoms with Gasteiger partial charge in [-0.15, -0.1) is 0 Å². The number of hydrogen-bond acceptors (Lipinski definition) is 6. The molecule has 16 heteroatoms. The number of alkyl halides is 6. The first kappa shape index (κ1) is 25.6. The van der Waals surface area contributed by atoms with Crippen LogP contribution in [0.3, 0.4) is 0 Å². The van der Waals surface area contributed by atoms with Gasteiger partial charge in [-0.2, -0.15) is 26.3 Å². The van der Waals surface area contributed by atoms with Crippen molar-refractivity contribution < 1.29 is 57.9 Å². The minimum Gasteiger partial charge on any atom is -0.421 e. The van der Waals surface area contributed by atoms with E-state index in [1.54, 1.807) is 0 Å². The summed E-state index contributed by atoms with van der Waals surface area (Å²) in [6.45, 7) is 1.79. The van der Waals surface area contributed by atoms with Crippen LogP contribution < -0.4 is 0 Å². The summed E-state index contributed by atoms with van der Waals surface area (Å²) in [4.78, 5) is 0. The van der Waals surface area contributed by atoms with Gasteiger partial charge in [0.05, 0.1) is 27.3 Å². The van der Waals surface area contributed by atoms with Crippen LogP contribution in [0.25, 0.3) is 4.13 Å². The van der Waals surface area contributed by atoms with Crippen LogP contribution in [0.15, 0.2) is 0 Å². The smallest absolute Gasteiger partial charge is 0.421 e. The second-order valence-electron chi connectivity index (χ2n) is 4.75. The van der Waals surface area contributed by atoms with Crippen LogP contribution >= 0.6 is 0 Å². The standard InChI is InChI=1S/C6H16NO2.C2F6NO4S2/c1-7(2,3-5-8)4-6-9;3-1(4,5)14(10,11)9-15(12,13)2(6,7)8/h8-9H,3-6H2,1-2H3;/q+1;-1. The number of hydrogen-bond donors (Lipinski definition) is 2. The van der Waals surface area contributed by atoms with Crippen molar-refractivity contribution >= 4 is 20.0 Å². The van der Waals surface area contributed by atoms with Gasteiger partial charge in [0.25, 0.3) is 0 Å². The van der Waals surface area contributed by atoms with E-state index < -0.39 is 31.1 Å². The third-order valence-electron chi connectivity index (χ3n) is 2.19. The molecule has 0 aromatic carbocycles. The van der Waals surface area contributed by atoms with Gasteiger partial charge in [0.2, 0.25) is 0 Å². The van der Waals surface area contributed by atoms with Crippen molar-refractivity contribution in [3.63, 3.8) is 0 Å². The van der Waals surface area contributed by atoms with Crippen LogP contribution in [0.1, 0.15) is 0 Å². The Kier molecular flexibility index (Phi) is 9.17. The molecule has 0 aliphatic heterocycles. The number of likely N-dealkylation sites (N-methyl/N-ethyl adjacent to an activating group) is 1. The van der Waals surface area contributed by atoms with Gasteiger partial charge in [-0.3, -0.25) is 0 Å². The summed E-state index contributed by atoms with van der Waals surface area (Å²) in [6, 6.07) is 0. The van der Waals surface area contributed by atoms with Gasteiger partial charge in [0.1, 0.15) is 13.1 Å². The van der Waals surface area contributed by atoms with Crippen molar-refractivity contribution in [3.8, 4) is 0 Å². The maximum Gasteiger partial charge on any atom is 0.480 e. The average molecular weight is 414 g/mol. The molecule has 0 rings (SSSR count). The molecule has 0 bridgehead atoms. The summed E-state index contributed by atoms with van der Waals surface area (Å²) >= 11 is 0. The molecular formula is C8H16F6N2O6S2. The van der Waals surface area contributed by atoms with Crippen molar-refractivity contribution in [3.05, 3.63) is 4.13 Å². The molecule has 0 radical (unpaired) electrons. The van der Waals surface area contributed by atoms with E-state index >= 15 is 0 Å². The zero-order chi connectivity index (χ0) is 20.0. The van der Waals surface area contributed by atoms with E-state index in [-0.39, 0.29) is 13.2 Å². The number of nitrogens with zero attached hydrogens (tertiary/aromatic N) is 2. The summed E-state index contributed by atoms with van der Waals surface area (Å²) in [5.74, 6) is 0. The molecule has 0 aromatic rings. The average Bonchev–Trinajstić information content (AvgIpc) is 2.24. The summed E-state index contributed by atoms with van der Waals surface area (Å²) in [5.41, 5.74) is -12.4. The molecule has 0 fully saturated rings. The highest BCUT2D eigenvalue weighted by Gasteiger charge is 2.46. The number of halogens is 6. The predicted molar refractivity (Wildman–Crippen MR) is 69.3 cm³/mol. The van der Waals surface area contributed by atoms with Gasteiger partial charge in [-0.1, -0.05) is 0 Å². The fourth-order valence-corrected chi connectivity index (χ4v) is 2.58. The molecule has 0 aliphatic carbocycles. The van der Waals surface area contributed by atoms with Crippen molar-refractivity contribution in [2.45, 2.75) is 11.0 Å². The lowest BCUT2D eigenvalue weighted by Crippen LogP contribution is -2.43. The van der Waals surface area contributed by atoms with Gasteiger partial charge in [0.15, 0.2) is 20.0 Å². The second-order valence-corrected chi connectivity index (χ2v) is 8.17. The normalized spacial score (nSPS) is 14.1. The van der Waals surface area contributed by atoms with Crippen molar-refractivity contribution in [1.29, 1.82) is 0 Å². The molecule has 0 unspecified atom stereocenters. The monoisotopic (exact) mass is 414 g/mol. The molecule has 0 atom stereocenters. The Morgan fingerprint density at radius 2 is 1.04 bits per heavy atom. The molecule has 0 saturated carbocycles. The number of aliphatic hydroxyl groups is 2. The maximum atomic E-state index is 11.4. The van der Waals surface area contributed by atoms with Crippen LogP contribution in [-0.4, -0.2) is 82.9 Å². The largest absolute Gasteiger partial charge is 0.480 e. The molecular weight excluding hydrogens is 398 g/mol. The Morgan fingerprint density at radius 1 is 0.792 bits per heavy atom. The molecule has 0 aliphatic rings. The van der Waals surface area contributed by atoms with Gasteiger partial charge in [-0.25, -0.2) is 16.8 Å². The van der Waals surface area contributed by atoms with E-state index in [1.165, 1.54) is 0 Å². The highest BCUT2D eigenvalue weighted by atomic mass is 32.3. The lowest BCUT2D eigenvalue weighted by molar-refractivity contribution is -0.890. The fourth-order valence-electron chi connectivity index (χ4n) is 0.867. The number of quaternary nitrogens is 1. The lowest BCUT2D eigenvalue weighted by atomic mass is 10.4. The van der Waals surface area contributed by atoms with Crippen LogP contribution in [0.5, 0.6) is 0 Å². The van der Waals surface area contributed by atoms with Crippen molar-refractivity contribution in [1.82, 2.24) is 0 Å². The van der Waals surface area contributed by atoms with Gasteiger partial charge >= 0.3 is 11.0 Å². The fraction of sp³-hybridized carbons (Fsp3) is 1.00. The van der Waals surface area contributed by atoms with Crippen molar-refractivity contribution in [2.24, 2.45) is 0 Å². The zero-order valence-corrected chi connectivity index (χ0v) is 14.0. The van der Waals surface area contributed by atoms with E-state index in [2.05, 4.69) is 0 Å². The molecule has 0 heterocycles. The first-order chi connectivity index (χ1) is 10.3. The van der Waals surface area contributed by atoms with Crippen LogP contribution in [0, 0.1) is 0 Å². The highest BCUT2D eigenvalue weighted by molar-refractivity contribution is 8.13. The molecule has 8 nitrogen and oxygen atoms in total. The number of rotatable bonds is 6. The summed E-state index contributed by atoms with van der Waals surface area (Å²) in [5, 5.41) is 17.1. The van der Waals surface area contributed by atoms with E-state index in [0.29, 0.717) is 17.6 Å². The third kappa shape index (κ3) is 8.97. The predicted octanol–water partition coefficient (Wildman–Crippen LogP) is 0.107. The van der Waals surface area contributed by atoms with Crippen molar-refractivity contribution in [2.75, 3.05) is 40.4 Å². The molecule has 2 N–H and O–H groups in total. The Hall–Kier alpha value is -0.680. The molecule has 0 aromatic heterocycles. The summed E-state index contributed by atoms with van der Waals surface area (Å²) < 4.78 is 110. The van der Waals surface area contributed by atoms with Crippen LogP contribution in [-0.2, 0) is 20.0 Å². The van der Waals surface area contributed by atoms with Gasteiger partial charge in [0, 0.05) is 0 Å². The molecule has 0 saturated heterocycles. The topological polar surface area (TPSA) is 123 Å². The Labute approximate surface area is 134 Å². The van der Waals surface area contributed by atoms with Crippen LogP contribution in [0.4, 0.5) is 26.3 Å². The van der Waals surface area contributed by atoms with Crippen LogP contribution in [0.2, 0.25) is 0 Å². The number of sulfonamides is 2. The Morgan fingerprint density at radius 3 is 1.21 bits per heavy atom. The maximum absolute atomic E-state index is 11.4. The first-order valence-corrected chi connectivity index (χ1v) is 8.61. The summed E-state index contributed by atoms with van der Waals surface area (Å²) in [7, 11) is -9.49. The minimum absolute atomic E-state index is 0.188. The minimum atomic E-state index is -6.72. The summed E-state index contributed by atoms with van der Waals surface area (Å²) in [6.07, 6.45) is 0. The zero-order valence-electron chi connectivity index (χ0n) is 12.3. The van der Waals surface area contributed by atoms with Gasteiger partial charge < -0.3 is 18.8 Å². The second kappa shape index (κ2) is 8.61. The Balaban J connectivity index is 0. The first-order valence-electron chi connectivity index (χ1n) is 5.73. The molecule has 0 amide bonds. The van der Waals surface area contributed by atoms with Gasteiger partial charge in [-0.05, 0) is 0 Å². The van der Waals surface area contributed by atoms with E-state index in [0.717, 1.165) is 4.13 Å². The molecule has 24 heavy (non-hydrogen) atoms. The lowest BCUT2D eigenvalue weighted by Gasteiger charge is -2.27. The number of aliphatic hydroxyl groups excluding tert-OH is 2. The Bertz CT molecular complexity index is 533. The van der Waals surface area contributed by atoms with E-state index in [9.17, 15) is 43.2 Å². The highest BCUT2D eigenvalue weighted by Crippen LogP contribution is 2.36. The van der Waals surface area contributed by atoms with E-state index in [1.807, 2.05) is 14.1 Å². The quantitative estimate of drug-likeness (QED) is 0.470. The molecule has 0 spiro atoms.